The van der Waals surface area contributed by atoms with Crippen molar-refractivity contribution < 1.29 is 17.9 Å². The van der Waals surface area contributed by atoms with Crippen LogP contribution in [0.2, 0.25) is 10.0 Å². The number of imidazole rings is 1. The number of halogens is 2. The van der Waals surface area contributed by atoms with E-state index in [4.69, 9.17) is 27.9 Å². The molecule has 0 spiro atoms. The van der Waals surface area contributed by atoms with Crippen molar-refractivity contribution in [2.75, 3.05) is 13.2 Å². The number of hydrogen-bond acceptors (Lipinski definition) is 5. The van der Waals surface area contributed by atoms with E-state index in [1.165, 1.54) is 18.1 Å². The molecule has 0 bridgehead atoms. The fourth-order valence-electron chi connectivity index (χ4n) is 4.37. The quantitative estimate of drug-likeness (QED) is 0.305. The third-order valence-electron chi connectivity index (χ3n) is 6.07. The van der Waals surface area contributed by atoms with Gasteiger partial charge in [-0.3, -0.25) is 4.79 Å². The third kappa shape index (κ3) is 6.16. The molecule has 1 aromatic heterocycles. The molecule has 2 unspecified atom stereocenters. The van der Waals surface area contributed by atoms with Gasteiger partial charge in [-0.05, 0) is 60.2 Å². The van der Waals surface area contributed by atoms with E-state index in [9.17, 15) is 13.2 Å². The number of benzene rings is 2. The molecule has 2 N–H and O–H groups in total. The Hall–Kier alpha value is -2.59. The van der Waals surface area contributed by atoms with Crippen LogP contribution in [0, 0.1) is 0 Å². The predicted molar refractivity (Wildman–Crippen MR) is 135 cm³/mol. The Morgan fingerprint density at radius 1 is 1.20 bits per heavy atom. The molecule has 0 saturated heterocycles. The first kappa shape index (κ1) is 25.5. The monoisotopic (exact) mass is 536 g/mol. The van der Waals surface area contributed by atoms with Crippen LogP contribution in [0.3, 0.4) is 0 Å². The fourth-order valence-corrected chi connectivity index (χ4v) is 5.68. The van der Waals surface area contributed by atoms with Gasteiger partial charge < -0.3 is 14.6 Å². The van der Waals surface area contributed by atoms with Crippen LogP contribution >= 0.6 is 23.2 Å². The van der Waals surface area contributed by atoms with Gasteiger partial charge in [0, 0.05) is 31.7 Å². The van der Waals surface area contributed by atoms with Gasteiger partial charge in [-0.25, -0.2) is 18.1 Å². The summed E-state index contributed by atoms with van der Waals surface area (Å²) in [5.74, 6) is 0.652. The lowest BCUT2D eigenvalue weighted by molar-refractivity contribution is -0.110. The van der Waals surface area contributed by atoms with E-state index in [0.29, 0.717) is 22.2 Å². The largest absolute Gasteiger partial charge is 0.492 e. The van der Waals surface area contributed by atoms with Crippen molar-refractivity contribution in [3.05, 3.63) is 75.7 Å². The molecule has 1 aliphatic carbocycles. The molecular weight excluding hydrogens is 511 g/mol. The third-order valence-corrected chi connectivity index (χ3v) is 8.15. The molecule has 11 heteroatoms. The maximum atomic E-state index is 12.3. The number of ether oxygens (including phenoxy) is 1. The number of aryl methyl sites for hydroxylation is 2. The first-order chi connectivity index (χ1) is 16.8. The summed E-state index contributed by atoms with van der Waals surface area (Å²) in [5, 5.41) is 3.92. The summed E-state index contributed by atoms with van der Waals surface area (Å²) in [7, 11) is -1.99. The Kier molecular flexibility index (Phi) is 8.01. The number of rotatable bonds is 10. The zero-order chi connectivity index (χ0) is 25.0. The van der Waals surface area contributed by atoms with Crippen molar-refractivity contribution in [2.24, 2.45) is 7.05 Å². The van der Waals surface area contributed by atoms with Crippen molar-refractivity contribution in [3.63, 3.8) is 0 Å². The number of carbonyl (C=O) groups is 1. The summed E-state index contributed by atoms with van der Waals surface area (Å²) >= 11 is 12.3. The van der Waals surface area contributed by atoms with Crippen molar-refractivity contribution in [1.29, 1.82) is 0 Å². The summed E-state index contributed by atoms with van der Waals surface area (Å²) < 4.78 is 34.5. The van der Waals surface area contributed by atoms with Crippen molar-refractivity contribution >= 4 is 39.6 Å². The van der Waals surface area contributed by atoms with Gasteiger partial charge in [-0.1, -0.05) is 35.3 Å². The lowest BCUT2D eigenvalue weighted by atomic mass is 9.76. The van der Waals surface area contributed by atoms with Gasteiger partial charge in [0.2, 0.25) is 6.41 Å². The number of fused-ring (bicyclic) bond motifs is 1. The molecule has 1 heterocycles. The molecule has 35 heavy (non-hydrogen) atoms. The summed E-state index contributed by atoms with van der Waals surface area (Å²) in [5.41, 5.74) is 3.31. The van der Waals surface area contributed by atoms with Crippen LogP contribution in [0.15, 0.2) is 53.9 Å². The number of carbonyl (C=O) groups excluding carboxylic acids is 1. The van der Waals surface area contributed by atoms with Crippen LogP contribution in [-0.4, -0.2) is 43.6 Å². The summed E-state index contributed by atoms with van der Waals surface area (Å²) in [6.45, 7) is 0.246. The Labute approximate surface area is 214 Å². The second kappa shape index (κ2) is 11.0. The summed E-state index contributed by atoms with van der Waals surface area (Å²) in [4.78, 5) is 15.1. The number of amides is 1. The summed E-state index contributed by atoms with van der Waals surface area (Å²) in [6, 6.07) is 11.4. The van der Waals surface area contributed by atoms with E-state index in [0.717, 1.165) is 30.4 Å². The molecule has 1 aliphatic rings. The second-order valence-corrected chi connectivity index (χ2v) is 11.0. The molecule has 0 fully saturated rings. The lowest BCUT2D eigenvalue weighted by Crippen LogP contribution is -2.38. The Morgan fingerprint density at radius 2 is 2.03 bits per heavy atom. The molecule has 3 aromatic rings. The molecule has 2 atom stereocenters. The Morgan fingerprint density at radius 3 is 2.74 bits per heavy atom. The van der Waals surface area contributed by atoms with E-state index < -0.39 is 10.0 Å². The molecule has 0 saturated carbocycles. The van der Waals surface area contributed by atoms with E-state index in [2.05, 4.69) is 15.0 Å². The molecule has 8 nitrogen and oxygen atoms in total. The number of sulfonamides is 1. The SMILES string of the molecule is Cn1cnc(S(=O)(=O)NCCOc2ccc3c(c2)C(Cc2ccc(Cl)c(Cl)c2)C(NC=O)CC3)c1. The highest BCUT2D eigenvalue weighted by molar-refractivity contribution is 7.89. The number of nitrogens with one attached hydrogen (secondary N) is 2. The Balaban J connectivity index is 1.46. The van der Waals surface area contributed by atoms with Crippen LogP contribution in [0.4, 0.5) is 0 Å². The highest BCUT2D eigenvalue weighted by Crippen LogP contribution is 2.37. The second-order valence-electron chi connectivity index (χ2n) is 8.47. The molecule has 2 aromatic carbocycles. The molecular formula is C24H26Cl2N4O4S. The lowest BCUT2D eigenvalue weighted by Gasteiger charge is -2.34. The van der Waals surface area contributed by atoms with Gasteiger partial charge in [0.25, 0.3) is 10.0 Å². The zero-order valence-electron chi connectivity index (χ0n) is 19.1. The highest BCUT2D eigenvalue weighted by Gasteiger charge is 2.30. The van der Waals surface area contributed by atoms with Crippen LogP contribution < -0.4 is 14.8 Å². The highest BCUT2D eigenvalue weighted by atomic mass is 35.5. The van der Waals surface area contributed by atoms with Crippen LogP contribution in [0.1, 0.15) is 29.0 Å². The van der Waals surface area contributed by atoms with E-state index >= 15 is 0 Å². The Bertz CT molecular complexity index is 1310. The van der Waals surface area contributed by atoms with Gasteiger partial charge >= 0.3 is 0 Å². The first-order valence-corrected chi connectivity index (χ1v) is 13.4. The van der Waals surface area contributed by atoms with E-state index in [1.807, 2.05) is 30.3 Å². The minimum atomic E-state index is -3.70. The van der Waals surface area contributed by atoms with Crippen molar-refractivity contribution in [1.82, 2.24) is 19.6 Å². The maximum absolute atomic E-state index is 12.3. The van der Waals surface area contributed by atoms with Crippen LogP contribution in [0.25, 0.3) is 0 Å². The van der Waals surface area contributed by atoms with E-state index in [1.54, 1.807) is 17.7 Å². The minimum absolute atomic E-state index is 0.0207. The normalized spacial score (nSPS) is 17.6. The topological polar surface area (TPSA) is 102 Å². The smallest absolute Gasteiger partial charge is 0.259 e. The van der Waals surface area contributed by atoms with Crippen molar-refractivity contribution in [3.8, 4) is 5.75 Å². The van der Waals surface area contributed by atoms with Crippen LogP contribution in [0.5, 0.6) is 5.75 Å². The van der Waals surface area contributed by atoms with Gasteiger partial charge in [0.1, 0.15) is 12.4 Å². The molecule has 1 amide bonds. The van der Waals surface area contributed by atoms with E-state index in [-0.39, 0.29) is 30.1 Å². The molecule has 186 valence electrons. The average molecular weight is 537 g/mol. The molecule has 4 rings (SSSR count). The van der Waals surface area contributed by atoms with Gasteiger partial charge in [0.15, 0.2) is 5.03 Å². The van der Waals surface area contributed by atoms with Gasteiger partial charge in [0.05, 0.1) is 16.4 Å². The maximum Gasteiger partial charge on any atom is 0.259 e. The average Bonchev–Trinajstić information content (AvgIpc) is 3.28. The van der Waals surface area contributed by atoms with Gasteiger partial charge in [-0.2, -0.15) is 0 Å². The van der Waals surface area contributed by atoms with Gasteiger partial charge in [-0.15, -0.1) is 0 Å². The van der Waals surface area contributed by atoms with Crippen molar-refractivity contribution in [2.45, 2.75) is 36.2 Å². The summed E-state index contributed by atoms with van der Waals surface area (Å²) in [6.07, 6.45) is 5.94. The molecule has 0 aliphatic heterocycles. The van der Waals surface area contributed by atoms with Crippen LogP contribution in [-0.2, 0) is 34.7 Å². The minimum Gasteiger partial charge on any atom is -0.492 e. The number of aromatic nitrogens is 2. The standard InChI is InChI=1S/C24H26Cl2N4O4S/c1-30-13-24(27-14-30)35(32,33)29-8-9-34-18-5-3-17-4-7-23(28-15-31)20(19(17)12-18)10-16-2-6-21(25)22(26)11-16/h2-3,5-6,11-15,20,23,29H,4,7-10H2,1H3,(H,28,31). The fraction of sp³-hybridized carbons (Fsp3) is 0.333. The first-order valence-electron chi connectivity index (χ1n) is 11.1. The predicted octanol–water partition coefficient (Wildman–Crippen LogP) is 3.47. The number of nitrogens with zero attached hydrogens (tertiary/aromatic N) is 2. The molecule has 0 radical (unpaired) electrons. The zero-order valence-corrected chi connectivity index (χ0v) is 21.4. The number of hydrogen-bond donors (Lipinski definition) is 2.